The molecule has 2 rings (SSSR count). The van der Waals surface area contributed by atoms with Crippen molar-refractivity contribution in [3.63, 3.8) is 0 Å². The molecule has 0 aromatic carbocycles. The first-order valence-electron chi connectivity index (χ1n) is 4.26. The van der Waals surface area contributed by atoms with Crippen molar-refractivity contribution in [2.75, 3.05) is 0 Å². The molecular formula is C8H7N5OS. The van der Waals surface area contributed by atoms with Crippen molar-refractivity contribution in [3.8, 4) is 11.1 Å². The Kier molecular flexibility index (Phi) is 2.60. The van der Waals surface area contributed by atoms with E-state index in [2.05, 4.69) is 10.4 Å². The molecule has 0 radical (unpaired) electrons. The van der Waals surface area contributed by atoms with E-state index in [0.29, 0.717) is 0 Å². The zero-order valence-electron chi connectivity index (χ0n) is 7.70. The Labute approximate surface area is 89.0 Å². The normalized spacial score (nSPS) is 10.1. The number of nitrogens with zero attached hydrogens (tertiary/aromatic N) is 5. The molecule has 2 heterocycles. The van der Waals surface area contributed by atoms with Gasteiger partial charge in [0.05, 0.1) is 19.0 Å². The molecule has 76 valence electrons. The van der Waals surface area contributed by atoms with Gasteiger partial charge in [0.25, 0.3) is 0 Å². The molecule has 0 aliphatic rings. The maximum absolute atomic E-state index is 11.7. The lowest BCUT2D eigenvalue weighted by Crippen LogP contribution is -2.23. The van der Waals surface area contributed by atoms with Crippen molar-refractivity contribution in [1.29, 1.82) is 5.26 Å². The highest BCUT2D eigenvalue weighted by Gasteiger charge is 2.08. The average Bonchev–Trinajstić information content (AvgIpc) is 2.84. The highest BCUT2D eigenvalue weighted by atomic mass is 32.1. The van der Waals surface area contributed by atoms with Crippen LogP contribution in [-0.2, 0) is 6.54 Å². The van der Waals surface area contributed by atoms with Crippen LogP contribution in [0.25, 0.3) is 5.00 Å². The van der Waals surface area contributed by atoms with Crippen LogP contribution >= 0.6 is 11.3 Å². The third-order valence-corrected chi connectivity index (χ3v) is 2.63. The second-order valence-electron chi connectivity index (χ2n) is 2.76. The van der Waals surface area contributed by atoms with Crippen molar-refractivity contribution >= 4 is 11.3 Å². The van der Waals surface area contributed by atoms with Gasteiger partial charge < -0.3 is 0 Å². The molecule has 7 heteroatoms. The lowest BCUT2D eigenvalue weighted by Gasteiger charge is -1.91. The Morgan fingerprint density at radius 1 is 1.53 bits per heavy atom. The van der Waals surface area contributed by atoms with Gasteiger partial charge in [-0.05, 0) is 27.9 Å². The predicted molar refractivity (Wildman–Crippen MR) is 53.7 cm³/mol. The number of hydrogen-bond acceptors (Lipinski definition) is 5. The number of nitriles is 1. The molecule has 0 N–H and O–H groups in total. The Hall–Kier alpha value is -1.94. The summed E-state index contributed by atoms with van der Waals surface area (Å²) in [6.45, 7) is 0.278. The van der Waals surface area contributed by atoms with Crippen molar-refractivity contribution < 1.29 is 0 Å². The SMILES string of the molecule is N#CCCn1nnn(-c2cccs2)c1=O. The molecule has 0 spiro atoms. The van der Waals surface area contributed by atoms with Gasteiger partial charge in [-0.3, -0.25) is 0 Å². The minimum Gasteiger partial charge on any atom is -0.244 e. The number of aromatic nitrogens is 4. The summed E-state index contributed by atoms with van der Waals surface area (Å²) in [5, 5.41) is 18.4. The summed E-state index contributed by atoms with van der Waals surface area (Å²) < 4.78 is 2.41. The molecule has 2 aromatic rings. The summed E-state index contributed by atoms with van der Waals surface area (Å²) >= 11 is 1.41. The molecule has 0 bridgehead atoms. The summed E-state index contributed by atoms with van der Waals surface area (Å²) in [6, 6.07) is 5.57. The van der Waals surface area contributed by atoms with Crippen LogP contribution in [0.15, 0.2) is 22.3 Å². The molecule has 15 heavy (non-hydrogen) atoms. The van der Waals surface area contributed by atoms with Crippen molar-refractivity contribution in [1.82, 2.24) is 19.8 Å². The van der Waals surface area contributed by atoms with Crippen LogP contribution in [0.5, 0.6) is 0 Å². The Balaban J connectivity index is 2.33. The van der Waals surface area contributed by atoms with E-state index >= 15 is 0 Å². The van der Waals surface area contributed by atoms with Crippen LogP contribution < -0.4 is 5.69 Å². The quantitative estimate of drug-likeness (QED) is 0.751. The van der Waals surface area contributed by atoms with E-state index in [1.165, 1.54) is 20.7 Å². The first kappa shape index (κ1) is 9.61. The monoisotopic (exact) mass is 221 g/mol. The highest BCUT2D eigenvalue weighted by Crippen LogP contribution is 2.10. The third-order valence-electron chi connectivity index (χ3n) is 1.79. The molecule has 0 atom stereocenters. The van der Waals surface area contributed by atoms with Gasteiger partial charge in [-0.1, -0.05) is 0 Å². The van der Waals surface area contributed by atoms with Crippen LogP contribution in [0, 0.1) is 11.3 Å². The van der Waals surface area contributed by atoms with Crippen molar-refractivity contribution in [3.05, 3.63) is 28.0 Å². The summed E-state index contributed by atoms with van der Waals surface area (Å²) in [5.41, 5.74) is -0.312. The fourth-order valence-corrected chi connectivity index (χ4v) is 1.77. The zero-order chi connectivity index (χ0) is 10.7. The van der Waals surface area contributed by atoms with E-state index in [-0.39, 0.29) is 18.7 Å². The van der Waals surface area contributed by atoms with Gasteiger partial charge in [0.15, 0.2) is 0 Å². The zero-order valence-corrected chi connectivity index (χ0v) is 8.52. The second-order valence-corrected chi connectivity index (χ2v) is 3.68. The van der Waals surface area contributed by atoms with Crippen LogP contribution in [0.2, 0.25) is 0 Å². The van der Waals surface area contributed by atoms with Gasteiger partial charge in [0, 0.05) is 0 Å². The molecule has 0 unspecified atom stereocenters. The molecule has 0 saturated carbocycles. The maximum Gasteiger partial charge on any atom is 0.369 e. The molecule has 6 nitrogen and oxygen atoms in total. The average molecular weight is 221 g/mol. The van der Waals surface area contributed by atoms with Crippen LogP contribution in [0.4, 0.5) is 0 Å². The summed E-state index contributed by atoms with van der Waals surface area (Å²) in [7, 11) is 0. The number of aryl methyl sites for hydroxylation is 1. The molecule has 2 aromatic heterocycles. The molecule has 0 fully saturated rings. The van der Waals surface area contributed by atoms with E-state index in [0.717, 1.165) is 5.00 Å². The number of rotatable bonds is 3. The van der Waals surface area contributed by atoms with E-state index in [1.54, 1.807) is 6.07 Å². The minimum atomic E-state index is -0.312. The Morgan fingerprint density at radius 3 is 3.07 bits per heavy atom. The van der Waals surface area contributed by atoms with E-state index in [4.69, 9.17) is 5.26 Å². The van der Waals surface area contributed by atoms with Gasteiger partial charge in [0.1, 0.15) is 5.00 Å². The van der Waals surface area contributed by atoms with E-state index < -0.39 is 0 Å². The smallest absolute Gasteiger partial charge is 0.244 e. The van der Waals surface area contributed by atoms with Crippen molar-refractivity contribution in [2.45, 2.75) is 13.0 Å². The molecule has 0 aliphatic heterocycles. The molecule has 0 aliphatic carbocycles. The van der Waals surface area contributed by atoms with Gasteiger partial charge in [0.2, 0.25) is 0 Å². The lowest BCUT2D eigenvalue weighted by atomic mass is 10.5. The van der Waals surface area contributed by atoms with Crippen LogP contribution in [0.1, 0.15) is 6.42 Å². The lowest BCUT2D eigenvalue weighted by molar-refractivity contribution is 0.584. The maximum atomic E-state index is 11.7. The molecule has 0 saturated heterocycles. The Morgan fingerprint density at radius 2 is 2.40 bits per heavy atom. The Bertz CT molecular complexity index is 532. The molecular weight excluding hydrogens is 214 g/mol. The summed E-state index contributed by atoms with van der Waals surface area (Å²) in [4.78, 5) is 11.7. The van der Waals surface area contributed by atoms with E-state index in [1.807, 2.05) is 17.5 Å². The van der Waals surface area contributed by atoms with Gasteiger partial charge in [-0.25, -0.2) is 4.79 Å². The van der Waals surface area contributed by atoms with Crippen LogP contribution in [0.3, 0.4) is 0 Å². The first-order valence-corrected chi connectivity index (χ1v) is 5.14. The predicted octanol–water partition coefficient (Wildman–Crippen LogP) is 0.404. The van der Waals surface area contributed by atoms with Gasteiger partial charge >= 0.3 is 5.69 Å². The number of tetrazole rings is 1. The highest BCUT2D eigenvalue weighted by molar-refractivity contribution is 7.12. The number of hydrogen-bond donors (Lipinski definition) is 0. The minimum absolute atomic E-state index is 0.253. The number of thiophene rings is 1. The second kappa shape index (κ2) is 4.06. The van der Waals surface area contributed by atoms with E-state index in [9.17, 15) is 4.79 Å². The molecule has 0 amide bonds. The van der Waals surface area contributed by atoms with Gasteiger partial charge in [-0.15, -0.1) is 11.3 Å². The van der Waals surface area contributed by atoms with Crippen LogP contribution in [-0.4, -0.2) is 19.8 Å². The largest absolute Gasteiger partial charge is 0.369 e. The topological polar surface area (TPSA) is 76.5 Å². The van der Waals surface area contributed by atoms with Crippen molar-refractivity contribution in [2.24, 2.45) is 0 Å². The fourth-order valence-electron chi connectivity index (χ4n) is 1.10. The fraction of sp³-hybridized carbons (Fsp3) is 0.250. The standard InChI is InChI=1S/C8H7N5OS/c9-4-2-5-12-8(14)13(11-10-12)7-3-1-6-15-7/h1,3,6H,2,5H2. The first-order chi connectivity index (χ1) is 7.33. The third kappa shape index (κ3) is 1.80. The summed E-state index contributed by atoms with van der Waals surface area (Å²) in [6.07, 6.45) is 0.253. The van der Waals surface area contributed by atoms with Gasteiger partial charge in [-0.2, -0.15) is 14.6 Å². The summed E-state index contributed by atoms with van der Waals surface area (Å²) in [5.74, 6) is 0.